The Bertz CT molecular complexity index is 491. The standard InChI is InChI=1S/C16H23NO5/c1-19-14-3-2-13(12-15(14)20-9-8-18)17-6-4-16(5-7-17)21-10-11-22-16/h2-3,12,18H,4-11H2,1H3. The largest absolute Gasteiger partial charge is 0.493 e. The van der Waals surface area contributed by atoms with Crippen LogP contribution < -0.4 is 14.4 Å². The highest BCUT2D eigenvalue weighted by Gasteiger charge is 2.39. The van der Waals surface area contributed by atoms with Gasteiger partial charge in [-0.05, 0) is 12.1 Å². The van der Waals surface area contributed by atoms with Gasteiger partial charge >= 0.3 is 0 Å². The van der Waals surface area contributed by atoms with E-state index < -0.39 is 0 Å². The van der Waals surface area contributed by atoms with Crippen molar-refractivity contribution in [2.45, 2.75) is 18.6 Å². The summed E-state index contributed by atoms with van der Waals surface area (Å²) in [5.41, 5.74) is 1.08. The quantitative estimate of drug-likeness (QED) is 0.887. The van der Waals surface area contributed by atoms with E-state index in [4.69, 9.17) is 24.1 Å². The van der Waals surface area contributed by atoms with E-state index in [1.54, 1.807) is 7.11 Å². The second-order valence-electron chi connectivity index (χ2n) is 5.50. The van der Waals surface area contributed by atoms with Crippen molar-refractivity contribution >= 4 is 5.69 Å². The minimum atomic E-state index is -0.362. The van der Waals surface area contributed by atoms with Crippen LogP contribution in [0.3, 0.4) is 0 Å². The van der Waals surface area contributed by atoms with E-state index in [0.717, 1.165) is 31.6 Å². The summed E-state index contributed by atoms with van der Waals surface area (Å²) in [7, 11) is 1.61. The van der Waals surface area contributed by atoms with Crippen molar-refractivity contribution in [3.63, 3.8) is 0 Å². The van der Waals surface area contributed by atoms with Gasteiger partial charge in [0.05, 0.1) is 26.9 Å². The first-order chi connectivity index (χ1) is 10.8. The molecule has 6 heteroatoms. The number of hydrogen-bond donors (Lipinski definition) is 1. The molecule has 0 amide bonds. The van der Waals surface area contributed by atoms with Gasteiger partial charge in [0, 0.05) is 37.7 Å². The van der Waals surface area contributed by atoms with Crippen molar-refractivity contribution in [1.82, 2.24) is 0 Å². The molecule has 3 rings (SSSR count). The van der Waals surface area contributed by atoms with Crippen molar-refractivity contribution < 1.29 is 24.1 Å². The van der Waals surface area contributed by atoms with Crippen molar-refractivity contribution in [2.75, 3.05) is 51.5 Å². The zero-order valence-electron chi connectivity index (χ0n) is 12.9. The molecule has 2 fully saturated rings. The van der Waals surface area contributed by atoms with E-state index in [0.29, 0.717) is 24.7 Å². The molecular weight excluding hydrogens is 286 g/mol. The molecule has 0 radical (unpaired) electrons. The molecular formula is C16H23NO5. The topological polar surface area (TPSA) is 60.4 Å². The lowest BCUT2D eigenvalue weighted by atomic mass is 10.0. The predicted molar refractivity (Wildman–Crippen MR) is 81.7 cm³/mol. The first-order valence-corrected chi connectivity index (χ1v) is 7.71. The highest BCUT2D eigenvalue weighted by Crippen LogP contribution is 2.36. The molecule has 22 heavy (non-hydrogen) atoms. The van der Waals surface area contributed by atoms with Gasteiger partial charge in [-0.2, -0.15) is 0 Å². The van der Waals surface area contributed by atoms with Crippen LogP contribution in [0.25, 0.3) is 0 Å². The van der Waals surface area contributed by atoms with E-state index in [9.17, 15) is 0 Å². The average molecular weight is 309 g/mol. The van der Waals surface area contributed by atoms with Crippen LogP contribution in [0, 0.1) is 0 Å². The maximum atomic E-state index is 8.92. The molecule has 2 saturated heterocycles. The molecule has 122 valence electrons. The van der Waals surface area contributed by atoms with Crippen molar-refractivity contribution in [3.8, 4) is 11.5 Å². The third-order valence-corrected chi connectivity index (χ3v) is 4.20. The number of piperidine rings is 1. The smallest absolute Gasteiger partial charge is 0.171 e. The maximum Gasteiger partial charge on any atom is 0.171 e. The lowest BCUT2D eigenvalue weighted by molar-refractivity contribution is -0.169. The number of aliphatic hydroxyl groups excluding tert-OH is 1. The molecule has 0 aliphatic carbocycles. The first-order valence-electron chi connectivity index (χ1n) is 7.71. The van der Waals surface area contributed by atoms with E-state index in [1.807, 2.05) is 18.2 Å². The Morgan fingerprint density at radius 3 is 2.55 bits per heavy atom. The zero-order chi connectivity index (χ0) is 15.4. The number of benzene rings is 1. The third kappa shape index (κ3) is 3.14. The number of rotatable bonds is 5. The second-order valence-corrected chi connectivity index (χ2v) is 5.50. The minimum Gasteiger partial charge on any atom is -0.493 e. The minimum absolute atomic E-state index is 0.0195. The number of hydrogen-bond acceptors (Lipinski definition) is 6. The Labute approximate surface area is 130 Å². The molecule has 1 aromatic rings. The summed E-state index contributed by atoms with van der Waals surface area (Å²) in [6.45, 7) is 3.39. The van der Waals surface area contributed by atoms with E-state index in [2.05, 4.69) is 4.90 Å². The molecule has 2 aliphatic heterocycles. The molecule has 0 aromatic heterocycles. The van der Waals surface area contributed by atoms with Crippen LogP contribution in [0.2, 0.25) is 0 Å². The Balaban J connectivity index is 1.69. The molecule has 6 nitrogen and oxygen atoms in total. The normalized spacial score (nSPS) is 20.4. The van der Waals surface area contributed by atoms with E-state index in [1.165, 1.54) is 0 Å². The Kier molecular flexibility index (Phi) is 4.71. The molecule has 0 unspecified atom stereocenters. The first kappa shape index (κ1) is 15.4. The fourth-order valence-electron chi connectivity index (χ4n) is 3.02. The summed E-state index contributed by atoms with van der Waals surface area (Å²) in [5.74, 6) is 0.968. The average Bonchev–Trinajstić information content (AvgIpc) is 3.01. The van der Waals surface area contributed by atoms with Crippen molar-refractivity contribution in [1.29, 1.82) is 0 Å². The Morgan fingerprint density at radius 2 is 1.91 bits per heavy atom. The predicted octanol–water partition coefficient (Wildman–Crippen LogP) is 1.41. The maximum absolute atomic E-state index is 8.92. The van der Waals surface area contributed by atoms with Crippen LogP contribution in [-0.4, -0.2) is 57.5 Å². The molecule has 0 saturated carbocycles. The molecule has 1 N–H and O–H groups in total. The lowest BCUT2D eigenvalue weighted by Gasteiger charge is -2.38. The summed E-state index contributed by atoms with van der Waals surface area (Å²) < 4.78 is 22.4. The van der Waals surface area contributed by atoms with Crippen LogP contribution in [0.5, 0.6) is 11.5 Å². The monoisotopic (exact) mass is 309 g/mol. The van der Waals surface area contributed by atoms with Crippen LogP contribution in [0.15, 0.2) is 18.2 Å². The fourth-order valence-corrected chi connectivity index (χ4v) is 3.02. The summed E-state index contributed by atoms with van der Waals surface area (Å²) in [6.07, 6.45) is 1.73. The SMILES string of the molecule is COc1ccc(N2CCC3(CC2)OCCO3)cc1OCCO. The van der Waals surface area contributed by atoms with Crippen LogP contribution in [0.4, 0.5) is 5.69 Å². The van der Waals surface area contributed by atoms with Crippen LogP contribution >= 0.6 is 0 Å². The van der Waals surface area contributed by atoms with Gasteiger partial charge in [0.1, 0.15) is 6.61 Å². The summed E-state index contributed by atoms with van der Waals surface area (Å²) in [6, 6.07) is 5.89. The van der Waals surface area contributed by atoms with Gasteiger partial charge in [0.15, 0.2) is 17.3 Å². The van der Waals surface area contributed by atoms with Crippen molar-refractivity contribution in [2.24, 2.45) is 0 Å². The van der Waals surface area contributed by atoms with E-state index >= 15 is 0 Å². The van der Waals surface area contributed by atoms with Crippen LogP contribution in [0.1, 0.15) is 12.8 Å². The number of ether oxygens (including phenoxy) is 4. The van der Waals surface area contributed by atoms with Gasteiger partial charge in [0.2, 0.25) is 0 Å². The van der Waals surface area contributed by atoms with Gasteiger partial charge in [-0.3, -0.25) is 0 Å². The van der Waals surface area contributed by atoms with Gasteiger partial charge in [-0.15, -0.1) is 0 Å². The molecule has 1 spiro atoms. The van der Waals surface area contributed by atoms with Gasteiger partial charge in [-0.25, -0.2) is 0 Å². The molecule has 2 aliphatic rings. The molecule has 1 aromatic carbocycles. The number of methoxy groups -OCH3 is 1. The highest BCUT2D eigenvalue weighted by atomic mass is 16.7. The number of anilines is 1. The van der Waals surface area contributed by atoms with Gasteiger partial charge in [-0.1, -0.05) is 0 Å². The molecule has 0 bridgehead atoms. The summed E-state index contributed by atoms with van der Waals surface area (Å²) >= 11 is 0. The van der Waals surface area contributed by atoms with Gasteiger partial charge < -0.3 is 29.0 Å². The number of aliphatic hydroxyl groups is 1. The fraction of sp³-hybridized carbons (Fsp3) is 0.625. The van der Waals surface area contributed by atoms with Crippen molar-refractivity contribution in [3.05, 3.63) is 18.2 Å². The Morgan fingerprint density at radius 1 is 1.18 bits per heavy atom. The highest BCUT2D eigenvalue weighted by molar-refractivity contribution is 5.56. The zero-order valence-corrected chi connectivity index (χ0v) is 12.9. The third-order valence-electron chi connectivity index (χ3n) is 4.20. The number of nitrogens with zero attached hydrogens (tertiary/aromatic N) is 1. The van der Waals surface area contributed by atoms with Gasteiger partial charge in [0.25, 0.3) is 0 Å². The summed E-state index contributed by atoms with van der Waals surface area (Å²) in [5, 5.41) is 8.92. The Hall–Kier alpha value is -1.50. The van der Waals surface area contributed by atoms with E-state index in [-0.39, 0.29) is 19.0 Å². The molecule has 0 atom stereocenters. The summed E-state index contributed by atoms with van der Waals surface area (Å²) in [4.78, 5) is 2.29. The second kappa shape index (κ2) is 6.73. The van der Waals surface area contributed by atoms with Crippen LogP contribution in [-0.2, 0) is 9.47 Å². The molecule has 2 heterocycles. The lowest BCUT2D eigenvalue weighted by Crippen LogP contribution is -2.45.